The quantitative estimate of drug-likeness (QED) is 0.731. The Morgan fingerprint density at radius 1 is 1.35 bits per heavy atom. The summed E-state index contributed by atoms with van der Waals surface area (Å²) in [6.45, 7) is 1.64. The van der Waals surface area contributed by atoms with Crippen molar-refractivity contribution in [3.63, 3.8) is 0 Å². The third-order valence-electron chi connectivity index (χ3n) is 1.96. The monoisotopic (exact) mass is 348 g/mol. The molecule has 2 amide bonds. The first-order chi connectivity index (χ1) is 7.97. The van der Waals surface area contributed by atoms with Gasteiger partial charge in [0.1, 0.15) is 0 Å². The average Bonchev–Trinajstić information content (AvgIpc) is 2.19. The normalized spacial score (nSPS) is 11.6. The first-order valence-corrected chi connectivity index (χ1v) is 6.10. The molecule has 0 aliphatic heterocycles. The summed E-state index contributed by atoms with van der Waals surface area (Å²) in [6, 6.07) is 6.50. The van der Waals surface area contributed by atoms with Gasteiger partial charge < -0.3 is 15.7 Å². The number of benzene rings is 1. The number of halogens is 1. The molecule has 1 atom stereocenters. The number of hydrogen-bond acceptors (Lipinski definition) is 2. The van der Waals surface area contributed by atoms with Crippen LogP contribution in [0.25, 0.3) is 0 Å². The van der Waals surface area contributed by atoms with Crippen LogP contribution in [0.5, 0.6) is 0 Å². The molecule has 1 aromatic carbocycles. The number of urea groups is 1. The van der Waals surface area contributed by atoms with Crippen LogP contribution in [0.1, 0.15) is 13.3 Å². The van der Waals surface area contributed by atoms with E-state index in [0.717, 1.165) is 3.57 Å². The highest BCUT2D eigenvalue weighted by Crippen LogP contribution is 2.10. The molecule has 6 heteroatoms. The van der Waals surface area contributed by atoms with E-state index in [9.17, 15) is 9.59 Å². The second-order valence-electron chi connectivity index (χ2n) is 3.60. The first kappa shape index (κ1) is 13.8. The van der Waals surface area contributed by atoms with E-state index < -0.39 is 18.0 Å². The molecule has 0 aliphatic rings. The predicted molar refractivity (Wildman–Crippen MR) is 73.0 cm³/mol. The van der Waals surface area contributed by atoms with Crippen LogP contribution in [0.2, 0.25) is 0 Å². The zero-order valence-corrected chi connectivity index (χ0v) is 11.4. The van der Waals surface area contributed by atoms with Crippen molar-refractivity contribution in [3.8, 4) is 0 Å². The zero-order chi connectivity index (χ0) is 12.8. The molecule has 92 valence electrons. The molecule has 1 unspecified atom stereocenters. The second kappa shape index (κ2) is 6.43. The number of carboxylic acids is 1. The van der Waals surface area contributed by atoms with Crippen molar-refractivity contribution in [2.24, 2.45) is 0 Å². The molecule has 0 spiro atoms. The molecule has 0 aromatic heterocycles. The SMILES string of the molecule is CC(CC(=O)O)NC(=O)Nc1ccc(I)cc1. The zero-order valence-electron chi connectivity index (χ0n) is 9.24. The third kappa shape index (κ3) is 5.53. The average molecular weight is 348 g/mol. The van der Waals surface area contributed by atoms with Gasteiger partial charge in [-0.15, -0.1) is 0 Å². The summed E-state index contributed by atoms with van der Waals surface area (Å²) in [5.74, 6) is -0.938. The molecule has 1 rings (SSSR count). The number of carbonyl (C=O) groups excluding carboxylic acids is 1. The molecule has 5 nitrogen and oxygen atoms in total. The highest BCUT2D eigenvalue weighted by molar-refractivity contribution is 14.1. The van der Waals surface area contributed by atoms with Gasteiger partial charge in [0.25, 0.3) is 0 Å². The highest BCUT2D eigenvalue weighted by atomic mass is 127. The summed E-state index contributed by atoms with van der Waals surface area (Å²) in [5, 5.41) is 13.7. The van der Waals surface area contributed by atoms with E-state index in [-0.39, 0.29) is 6.42 Å². The topological polar surface area (TPSA) is 78.4 Å². The maximum atomic E-state index is 11.5. The number of carboxylic acid groups (broad SMARTS) is 1. The Morgan fingerprint density at radius 2 is 1.94 bits per heavy atom. The van der Waals surface area contributed by atoms with Crippen LogP contribution in [-0.4, -0.2) is 23.1 Å². The van der Waals surface area contributed by atoms with Gasteiger partial charge in [-0.2, -0.15) is 0 Å². The minimum Gasteiger partial charge on any atom is -0.481 e. The Hall–Kier alpha value is -1.31. The van der Waals surface area contributed by atoms with Gasteiger partial charge in [-0.25, -0.2) is 4.79 Å². The first-order valence-electron chi connectivity index (χ1n) is 5.02. The van der Waals surface area contributed by atoms with Crippen molar-refractivity contribution in [2.75, 3.05) is 5.32 Å². The molecule has 0 heterocycles. The van der Waals surface area contributed by atoms with Gasteiger partial charge in [0.15, 0.2) is 0 Å². The van der Waals surface area contributed by atoms with Gasteiger partial charge >= 0.3 is 12.0 Å². The van der Waals surface area contributed by atoms with E-state index >= 15 is 0 Å². The second-order valence-corrected chi connectivity index (χ2v) is 4.85. The largest absolute Gasteiger partial charge is 0.481 e. The lowest BCUT2D eigenvalue weighted by molar-refractivity contribution is -0.137. The Balaban J connectivity index is 2.44. The van der Waals surface area contributed by atoms with Crippen molar-refractivity contribution >= 4 is 40.3 Å². The Labute approximate surface area is 113 Å². The number of hydrogen-bond donors (Lipinski definition) is 3. The van der Waals surface area contributed by atoms with Gasteiger partial charge in [-0.3, -0.25) is 4.79 Å². The van der Waals surface area contributed by atoms with E-state index in [0.29, 0.717) is 5.69 Å². The Kier molecular flexibility index (Phi) is 5.20. The fourth-order valence-corrected chi connectivity index (χ4v) is 1.60. The number of anilines is 1. The number of aliphatic carboxylic acids is 1. The van der Waals surface area contributed by atoms with Crippen LogP contribution in [-0.2, 0) is 4.79 Å². The van der Waals surface area contributed by atoms with Crippen LogP contribution in [0.3, 0.4) is 0 Å². The third-order valence-corrected chi connectivity index (χ3v) is 2.68. The van der Waals surface area contributed by atoms with Crippen molar-refractivity contribution in [3.05, 3.63) is 27.8 Å². The summed E-state index contributed by atoms with van der Waals surface area (Å²) in [7, 11) is 0. The van der Waals surface area contributed by atoms with Gasteiger partial charge in [0.2, 0.25) is 0 Å². The summed E-state index contributed by atoms with van der Waals surface area (Å²) in [5.41, 5.74) is 0.672. The van der Waals surface area contributed by atoms with E-state index in [2.05, 4.69) is 33.2 Å². The lowest BCUT2D eigenvalue weighted by Crippen LogP contribution is -2.37. The van der Waals surface area contributed by atoms with Crippen LogP contribution in [0.15, 0.2) is 24.3 Å². The van der Waals surface area contributed by atoms with Gasteiger partial charge in [0.05, 0.1) is 6.42 Å². The standard InChI is InChI=1S/C11H13IN2O3/c1-7(6-10(15)16)13-11(17)14-9-4-2-8(12)3-5-9/h2-5,7H,6H2,1H3,(H,15,16)(H2,13,14,17). The maximum Gasteiger partial charge on any atom is 0.319 e. The number of rotatable bonds is 4. The van der Waals surface area contributed by atoms with Gasteiger partial charge in [-0.05, 0) is 53.8 Å². The molecule has 1 aromatic rings. The fourth-order valence-electron chi connectivity index (χ4n) is 1.24. The number of nitrogens with one attached hydrogen (secondary N) is 2. The van der Waals surface area contributed by atoms with Crippen molar-refractivity contribution in [2.45, 2.75) is 19.4 Å². The van der Waals surface area contributed by atoms with Crippen LogP contribution in [0.4, 0.5) is 10.5 Å². The van der Waals surface area contributed by atoms with Crippen LogP contribution < -0.4 is 10.6 Å². The summed E-state index contributed by atoms with van der Waals surface area (Å²) in [4.78, 5) is 21.9. The molecule has 0 bridgehead atoms. The van der Waals surface area contributed by atoms with E-state index in [1.54, 1.807) is 19.1 Å². The summed E-state index contributed by atoms with van der Waals surface area (Å²) < 4.78 is 1.08. The molecule has 17 heavy (non-hydrogen) atoms. The Bertz CT molecular complexity index is 406. The van der Waals surface area contributed by atoms with Crippen LogP contribution >= 0.6 is 22.6 Å². The minimum atomic E-state index is -0.938. The fraction of sp³-hybridized carbons (Fsp3) is 0.273. The molecular formula is C11H13IN2O3. The number of carbonyl (C=O) groups is 2. The molecule has 0 saturated heterocycles. The molecule has 0 radical (unpaired) electrons. The Morgan fingerprint density at radius 3 is 2.47 bits per heavy atom. The highest BCUT2D eigenvalue weighted by Gasteiger charge is 2.10. The molecule has 3 N–H and O–H groups in total. The molecular weight excluding hydrogens is 335 g/mol. The van der Waals surface area contributed by atoms with E-state index in [4.69, 9.17) is 5.11 Å². The van der Waals surface area contributed by atoms with Crippen LogP contribution in [0, 0.1) is 3.57 Å². The predicted octanol–water partition coefficient (Wildman–Crippen LogP) is 2.28. The van der Waals surface area contributed by atoms with Crippen molar-refractivity contribution in [1.29, 1.82) is 0 Å². The van der Waals surface area contributed by atoms with Gasteiger partial charge in [-0.1, -0.05) is 0 Å². The van der Waals surface area contributed by atoms with Gasteiger partial charge in [0, 0.05) is 15.3 Å². The number of amides is 2. The van der Waals surface area contributed by atoms with E-state index in [1.807, 2.05) is 12.1 Å². The molecule has 0 saturated carbocycles. The minimum absolute atomic E-state index is 0.0971. The van der Waals surface area contributed by atoms with E-state index in [1.165, 1.54) is 0 Å². The maximum absolute atomic E-state index is 11.5. The lowest BCUT2D eigenvalue weighted by Gasteiger charge is -2.12. The molecule has 0 fully saturated rings. The summed E-state index contributed by atoms with van der Waals surface area (Å²) >= 11 is 2.17. The molecule has 0 aliphatic carbocycles. The van der Waals surface area contributed by atoms with Crippen molar-refractivity contribution < 1.29 is 14.7 Å². The summed E-state index contributed by atoms with van der Waals surface area (Å²) in [6.07, 6.45) is -0.0971. The smallest absolute Gasteiger partial charge is 0.319 e. The lowest BCUT2D eigenvalue weighted by atomic mass is 10.2. The van der Waals surface area contributed by atoms with Crippen molar-refractivity contribution in [1.82, 2.24) is 5.32 Å².